The van der Waals surface area contributed by atoms with Gasteiger partial charge in [0.25, 0.3) is 5.91 Å². The Labute approximate surface area is 183 Å². The maximum absolute atomic E-state index is 13.3. The summed E-state index contributed by atoms with van der Waals surface area (Å²) >= 11 is 1.63. The van der Waals surface area contributed by atoms with E-state index in [2.05, 4.69) is 5.32 Å². The number of rotatable bonds is 6. The highest BCUT2D eigenvalue weighted by molar-refractivity contribution is 7.89. The van der Waals surface area contributed by atoms with Gasteiger partial charge in [-0.2, -0.15) is 4.31 Å². The second-order valence-corrected chi connectivity index (χ2v) is 10.2. The van der Waals surface area contributed by atoms with Gasteiger partial charge in [-0.05, 0) is 65.7 Å². The number of nitrogens with one attached hydrogen (secondary N) is 1. The number of amides is 1. The molecule has 2 aromatic carbocycles. The molecule has 0 bridgehead atoms. The minimum atomic E-state index is -3.74. The Bertz CT molecular complexity index is 1200. The van der Waals surface area contributed by atoms with Crippen LogP contribution >= 0.6 is 11.3 Å². The summed E-state index contributed by atoms with van der Waals surface area (Å²) in [6.07, 6.45) is 0.919. The molecular formula is C22H20F2N2O3S2. The zero-order chi connectivity index (χ0) is 22.0. The maximum Gasteiger partial charge on any atom is 0.251 e. The first kappa shape index (κ1) is 21.6. The van der Waals surface area contributed by atoms with Crippen LogP contribution in [0.25, 0.3) is 0 Å². The largest absolute Gasteiger partial charge is 0.352 e. The molecule has 1 aromatic heterocycles. The van der Waals surface area contributed by atoms with E-state index in [0.717, 1.165) is 11.6 Å². The predicted molar refractivity (Wildman–Crippen MR) is 114 cm³/mol. The zero-order valence-corrected chi connectivity index (χ0v) is 18.1. The Morgan fingerprint density at radius 3 is 2.65 bits per heavy atom. The first-order chi connectivity index (χ1) is 14.8. The molecule has 5 nitrogen and oxygen atoms in total. The Hall–Kier alpha value is -2.62. The second kappa shape index (κ2) is 8.86. The average Bonchev–Trinajstić information content (AvgIpc) is 3.21. The van der Waals surface area contributed by atoms with Gasteiger partial charge in [0.15, 0.2) is 0 Å². The highest BCUT2D eigenvalue weighted by atomic mass is 32.2. The molecule has 31 heavy (non-hydrogen) atoms. The van der Waals surface area contributed by atoms with Crippen molar-refractivity contribution in [2.75, 3.05) is 13.1 Å². The van der Waals surface area contributed by atoms with E-state index in [1.165, 1.54) is 45.6 Å². The van der Waals surface area contributed by atoms with Crippen molar-refractivity contribution in [2.45, 2.75) is 24.3 Å². The van der Waals surface area contributed by atoms with Crippen molar-refractivity contribution >= 4 is 27.3 Å². The highest BCUT2D eigenvalue weighted by Crippen LogP contribution is 2.28. The van der Waals surface area contributed by atoms with E-state index in [4.69, 9.17) is 0 Å². The van der Waals surface area contributed by atoms with E-state index in [9.17, 15) is 22.0 Å². The Kier molecular flexibility index (Phi) is 6.17. The molecule has 1 amide bonds. The van der Waals surface area contributed by atoms with E-state index in [1.807, 2.05) is 11.4 Å². The summed E-state index contributed by atoms with van der Waals surface area (Å²) in [7, 11) is -3.74. The van der Waals surface area contributed by atoms with Gasteiger partial charge in [-0.1, -0.05) is 6.07 Å². The molecule has 0 atom stereocenters. The SMILES string of the molecule is O=C(NCCc1cc(F)cc(F)c1)c1cccc(S(=O)(=O)N2CCc3sccc3C2)c1. The van der Waals surface area contributed by atoms with Gasteiger partial charge in [0.2, 0.25) is 10.0 Å². The number of sulfonamides is 1. The van der Waals surface area contributed by atoms with Crippen molar-refractivity contribution in [2.24, 2.45) is 0 Å². The fraction of sp³-hybridized carbons (Fsp3) is 0.227. The lowest BCUT2D eigenvalue weighted by Gasteiger charge is -2.26. The summed E-state index contributed by atoms with van der Waals surface area (Å²) in [5.74, 6) is -1.80. The lowest BCUT2D eigenvalue weighted by molar-refractivity contribution is 0.0954. The Morgan fingerprint density at radius 2 is 1.87 bits per heavy atom. The van der Waals surface area contributed by atoms with Crippen LogP contribution in [0.5, 0.6) is 0 Å². The topological polar surface area (TPSA) is 66.5 Å². The molecule has 0 fully saturated rings. The molecule has 1 aliphatic heterocycles. The van der Waals surface area contributed by atoms with Gasteiger partial charge >= 0.3 is 0 Å². The summed E-state index contributed by atoms with van der Waals surface area (Å²) in [5, 5.41) is 4.63. The van der Waals surface area contributed by atoms with Gasteiger partial charge in [-0.15, -0.1) is 11.3 Å². The van der Waals surface area contributed by atoms with Gasteiger partial charge in [0.1, 0.15) is 11.6 Å². The molecule has 0 aliphatic carbocycles. The van der Waals surface area contributed by atoms with Crippen molar-refractivity contribution in [3.05, 3.63) is 87.1 Å². The van der Waals surface area contributed by atoms with Crippen LogP contribution in [0, 0.1) is 11.6 Å². The van der Waals surface area contributed by atoms with Crippen molar-refractivity contribution in [1.29, 1.82) is 0 Å². The lowest BCUT2D eigenvalue weighted by Crippen LogP contribution is -2.35. The van der Waals surface area contributed by atoms with Crippen LogP contribution in [0.2, 0.25) is 0 Å². The van der Waals surface area contributed by atoms with Crippen LogP contribution < -0.4 is 5.32 Å². The van der Waals surface area contributed by atoms with Crippen LogP contribution in [0.3, 0.4) is 0 Å². The van der Waals surface area contributed by atoms with Crippen molar-refractivity contribution in [1.82, 2.24) is 9.62 Å². The quantitative estimate of drug-likeness (QED) is 0.607. The van der Waals surface area contributed by atoms with E-state index in [1.54, 1.807) is 11.3 Å². The highest BCUT2D eigenvalue weighted by Gasteiger charge is 2.29. The fourth-order valence-electron chi connectivity index (χ4n) is 3.55. The first-order valence-electron chi connectivity index (χ1n) is 9.71. The minimum Gasteiger partial charge on any atom is -0.352 e. The number of halogens is 2. The summed E-state index contributed by atoms with van der Waals surface area (Å²) in [4.78, 5) is 13.8. The van der Waals surface area contributed by atoms with E-state index in [-0.39, 0.29) is 23.4 Å². The molecule has 1 N–H and O–H groups in total. The molecule has 3 aromatic rings. The number of nitrogens with zero attached hydrogens (tertiary/aromatic N) is 1. The number of fused-ring (bicyclic) bond motifs is 1. The van der Waals surface area contributed by atoms with Gasteiger partial charge in [0, 0.05) is 36.1 Å². The van der Waals surface area contributed by atoms with Gasteiger partial charge in [0.05, 0.1) is 4.90 Å². The van der Waals surface area contributed by atoms with Crippen LogP contribution in [0.1, 0.15) is 26.4 Å². The van der Waals surface area contributed by atoms with Crippen LogP contribution in [-0.4, -0.2) is 31.7 Å². The Balaban J connectivity index is 1.43. The van der Waals surface area contributed by atoms with Crippen LogP contribution in [0.4, 0.5) is 8.78 Å². The molecule has 9 heteroatoms. The normalized spacial score (nSPS) is 14.3. The number of carbonyl (C=O) groups is 1. The summed E-state index contributed by atoms with van der Waals surface area (Å²) in [5.41, 5.74) is 1.65. The van der Waals surface area contributed by atoms with E-state index >= 15 is 0 Å². The molecule has 0 unspecified atom stereocenters. The van der Waals surface area contributed by atoms with Crippen molar-refractivity contribution in [3.8, 4) is 0 Å². The third kappa shape index (κ3) is 4.84. The molecule has 2 heterocycles. The van der Waals surface area contributed by atoms with E-state index < -0.39 is 27.6 Å². The number of hydrogen-bond acceptors (Lipinski definition) is 4. The van der Waals surface area contributed by atoms with Gasteiger partial charge in [-0.25, -0.2) is 17.2 Å². The Morgan fingerprint density at radius 1 is 1.10 bits per heavy atom. The first-order valence-corrected chi connectivity index (χ1v) is 12.0. The molecule has 0 spiro atoms. The predicted octanol–water partition coefficient (Wildman–Crippen LogP) is 3.75. The van der Waals surface area contributed by atoms with Crippen molar-refractivity contribution in [3.63, 3.8) is 0 Å². The molecule has 1 aliphatic rings. The average molecular weight is 463 g/mol. The molecule has 0 saturated carbocycles. The molecule has 162 valence electrons. The molecule has 4 rings (SSSR count). The lowest BCUT2D eigenvalue weighted by atomic mass is 10.1. The summed E-state index contributed by atoms with van der Waals surface area (Å²) in [6, 6.07) is 11.0. The standard InChI is InChI=1S/C22H20F2N2O3S2/c23-18-10-15(11-19(24)13-18)4-7-25-22(27)16-2-1-3-20(12-16)31(28,29)26-8-5-21-17(14-26)6-9-30-21/h1-3,6,9-13H,4-5,7-8,14H2,(H,25,27). The minimum absolute atomic E-state index is 0.0611. The fourth-order valence-corrected chi connectivity index (χ4v) is 5.91. The molecular weight excluding hydrogens is 442 g/mol. The summed E-state index contributed by atoms with van der Waals surface area (Å²) in [6.45, 7) is 0.879. The smallest absolute Gasteiger partial charge is 0.251 e. The monoisotopic (exact) mass is 462 g/mol. The van der Waals surface area contributed by atoms with Crippen LogP contribution in [-0.2, 0) is 29.4 Å². The molecule has 0 radical (unpaired) electrons. The third-order valence-electron chi connectivity index (χ3n) is 5.13. The summed E-state index contributed by atoms with van der Waals surface area (Å²) < 4.78 is 54.1. The van der Waals surface area contributed by atoms with Gasteiger partial charge in [-0.3, -0.25) is 4.79 Å². The second-order valence-electron chi connectivity index (χ2n) is 7.27. The van der Waals surface area contributed by atoms with Crippen LogP contribution in [0.15, 0.2) is 58.8 Å². The van der Waals surface area contributed by atoms with Gasteiger partial charge < -0.3 is 5.32 Å². The maximum atomic E-state index is 13.3. The molecule has 0 saturated heterocycles. The zero-order valence-electron chi connectivity index (χ0n) is 16.5. The third-order valence-corrected chi connectivity index (χ3v) is 7.99. The number of thiophene rings is 1. The number of hydrogen-bond donors (Lipinski definition) is 1. The van der Waals surface area contributed by atoms with E-state index in [0.29, 0.717) is 25.1 Å². The number of benzene rings is 2. The number of carbonyl (C=O) groups excluding carboxylic acids is 1. The van der Waals surface area contributed by atoms with Crippen molar-refractivity contribution < 1.29 is 22.0 Å².